The first-order chi connectivity index (χ1) is 5.31. The molecule has 0 rings (SSSR count). The SMILES string of the molecule is C=CCOCC(O)C[Te]CC. The Morgan fingerprint density at radius 3 is 3.00 bits per heavy atom. The van der Waals surface area contributed by atoms with E-state index >= 15 is 0 Å². The van der Waals surface area contributed by atoms with E-state index in [4.69, 9.17) is 4.74 Å². The van der Waals surface area contributed by atoms with Gasteiger partial charge >= 0.3 is 78.6 Å². The average molecular weight is 272 g/mol. The first-order valence-corrected chi connectivity index (χ1v) is 7.05. The Bertz CT molecular complexity index is 96.1. The molecule has 0 aromatic carbocycles. The van der Waals surface area contributed by atoms with Crippen LogP contribution in [0.5, 0.6) is 0 Å². The van der Waals surface area contributed by atoms with Crippen LogP contribution in [0.1, 0.15) is 6.92 Å². The molecule has 0 bridgehead atoms. The average Bonchev–Trinajstić information content (AvgIpc) is 2.01. The van der Waals surface area contributed by atoms with Crippen molar-refractivity contribution >= 4 is 20.9 Å². The van der Waals surface area contributed by atoms with Crippen molar-refractivity contribution in [2.45, 2.75) is 22.0 Å². The van der Waals surface area contributed by atoms with Crippen molar-refractivity contribution in [2.75, 3.05) is 13.2 Å². The zero-order chi connectivity index (χ0) is 8.53. The minimum atomic E-state index is -0.239. The molecule has 0 aromatic rings. The van der Waals surface area contributed by atoms with Gasteiger partial charge in [-0.1, -0.05) is 0 Å². The Hall–Kier alpha value is 0.450. The summed E-state index contributed by atoms with van der Waals surface area (Å²) in [6, 6.07) is 0. The zero-order valence-electron chi connectivity index (χ0n) is 6.95. The predicted octanol–water partition coefficient (Wildman–Crippen LogP) is 1.11. The van der Waals surface area contributed by atoms with Gasteiger partial charge in [0.05, 0.1) is 0 Å². The third-order valence-electron chi connectivity index (χ3n) is 1.06. The standard InChI is InChI=1S/C8H16O2Te/c1-3-5-10-6-8(9)7-11-4-2/h3,8-9H,1,4-7H2,2H3. The molecule has 0 saturated carbocycles. The van der Waals surface area contributed by atoms with Gasteiger partial charge < -0.3 is 0 Å². The number of aliphatic hydroxyl groups excluding tert-OH is 1. The van der Waals surface area contributed by atoms with Gasteiger partial charge in [0.25, 0.3) is 0 Å². The summed E-state index contributed by atoms with van der Waals surface area (Å²) >= 11 is 0.0535. The summed E-state index contributed by atoms with van der Waals surface area (Å²) in [7, 11) is 0. The summed E-state index contributed by atoms with van der Waals surface area (Å²) < 4.78 is 7.32. The van der Waals surface area contributed by atoms with E-state index < -0.39 is 0 Å². The summed E-state index contributed by atoms with van der Waals surface area (Å²) in [4.78, 5) is 0. The van der Waals surface area contributed by atoms with Crippen LogP contribution in [0, 0.1) is 0 Å². The van der Waals surface area contributed by atoms with Crippen molar-refractivity contribution in [2.24, 2.45) is 0 Å². The van der Waals surface area contributed by atoms with Gasteiger partial charge in [0, 0.05) is 0 Å². The molecule has 0 amide bonds. The number of rotatable bonds is 7. The van der Waals surface area contributed by atoms with E-state index in [0.29, 0.717) is 13.2 Å². The van der Waals surface area contributed by atoms with Crippen LogP contribution in [0.15, 0.2) is 12.7 Å². The Labute approximate surface area is 78.7 Å². The molecule has 2 nitrogen and oxygen atoms in total. The fourth-order valence-electron chi connectivity index (χ4n) is 0.589. The van der Waals surface area contributed by atoms with E-state index in [-0.39, 0.29) is 27.0 Å². The minimum absolute atomic E-state index is 0.0535. The maximum atomic E-state index is 9.28. The first kappa shape index (κ1) is 11.4. The van der Waals surface area contributed by atoms with Gasteiger partial charge in [-0.3, -0.25) is 0 Å². The molecule has 1 N–H and O–H groups in total. The third kappa shape index (κ3) is 8.35. The summed E-state index contributed by atoms with van der Waals surface area (Å²) in [5, 5.41) is 9.28. The molecule has 0 spiro atoms. The van der Waals surface area contributed by atoms with Crippen molar-refractivity contribution in [3.05, 3.63) is 12.7 Å². The quantitative estimate of drug-likeness (QED) is 0.427. The van der Waals surface area contributed by atoms with E-state index in [0.717, 1.165) is 4.47 Å². The van der Waals surface area contributed by atoms with Gasteiger partial charge in [-0.25, -0.2) is 0 Å². The summed E-state index contributed by atoms with van der Waals surface area (Å²) in [5.41, 5.74) is 0. The van der Waals surface area contributed by atoms with Crippen LogP contribution in [0.3, 0.4) is 0 Å². The normalized spacial score (nSPS) is 12.9. The second kappa shape index (κ2) is 8.55. The van der Waals surface area contributed by atoms with Crippen molar-refractivity contribution in [1.82, 2.24) is 0 Å². The van der Waals surface area contributed by atoms with Crippen molar-refractivity contribution in [1.29, 1.82) is 0 Å². The molecular weight excluding hydrogens is 256 g/mol. The Balaban J connectivity index is 3.08. The van der Waals surface area contributed by atoms with Crippen LogP contribution >= 0.6 is 0 Å². The molecule has 11 heavy (non-hydrogen) atoms. The van der Waals surface area contributed by atoms with Crippen LogP contribution in [-0.2, 0) is 4.74 Å². The summed E-state index contributed by atoms with van der Waals surface area (Å²) in [5.74, 6) is 0. The molecule has 66 valence electrons. The topological polar surface area (TPSA) is 29.5 Å². The Morgan fingerprint density at radius 1 is 1.73 bits per heavy atom. The van der Waals surface area contributed by atoms with Crippen molar-refractivity contribution in [3.63, 3.8) is 0 Å². The molecule has 0 heterocycles. The van der Waals surface area contributed by atoms with Crippen LogP contribution in [0.25, 0.3) is 0 Å². The van der Waals surface area contributed by atoms with Gasteiger partial charge in [0.15, 0.2) is 0 Å². The zero-order valence-corrected chi connectivity index (χ0v) is 9.28. The summed E-state index contributed by atoms with van der Waals surface area (Å²) in [6.07, 6.45) is 1.46. The first-order valence-electron chi connectivity index (χ1n) is 3.75. The van der Waals surface area contributed by atoms with Gasteiger partial charge in [0.2, 0.25) is 0 Å². The molecular formula is C8H16O2Te. The molecule has 0 saturated heterocycles. The fraction of sp³-hybridized carbons (Fsp3) is 0.750. The third-order valence-corrected chi connectivity index (χ3v) is 4.00. The molecule has 3 heteroatoms. The molecule has 1 atom stereocenters. The second-order valence-electron chi connectivity index (χ2n) is 2.14. The molecule has 0 radical (unpaired) electrons. The van der Waals surface area contributed by atoms with E-state index in [2.05, 4.69) is 13.5 Å². The fourth-order valence-corrected chi connectivity index (χ4v) is 2.31. The molecule has 0 aliphatic rings. The van der Waals surface area contributed by atoms with Crippen LogP contribution < -0.4 is 0 Å². The van der Waals surface area contributed by atoms with E-state index in [9.17, 15) is 5.11 Å². The van der Waals surface area contributed by atoms with Crippen LogP contribution in [0.2, 0.25) is 8.94 Å². The Morgan fingerprint density at radius 2 is 2.45 bits per heavy atom. The maximum absolute atomic E-state index is 9.28. The van der Waals surface area contributed by atoms with E-state index in [1.807, 2.05) is 0 Å². The van der Waals surface area contributed by atoms with Gasteiger partial charge in [-0.2, -0.15) is 0 Å². The number of hydrogen-bond acceptors (Lipinski definition) is 2. The molecule has 1 unspecified atom stereocenters. The van der Waals surface area contributed by atoms with Gasteiger partial charge in [-0.15, -0.1) is 0 Å². The van der Waals surface area contributed by atoms with Crippen LogP contribution in [0.4, 0.5) is 0 Å². The van der Waals surface area contributed by atoms with Crippen molar-refractivity contribution in [3.8, 4) is 0 Å². The molecule has 0 aromatic heterocycles. The number of ether oxygens (including phenoxy) is 1. The van der Waals surface area contributed by atoms with Crippen LogP contribution in [-0.4, -0.2) is 45.3 Å². The number of hydrogen-bond donors (Lipinski definition) is 1. The van der Waals surface area contributed by atoms with E-state index in [1.54, 1.807) is 6.08 Å². The van der Waals surface area contributed by atoms with Gasteiger partial charge in [0.1, 0.15) is 0 Å². The number of aliphatic hydroxyl groups is 1. The van der Waals surface area contributed by atoms with Crippen molar-refractivity contribution < 1.29 is 9.84 Å². The predicted molar refractivity (Wildman–Crippen MR) is 48.1 cm³/mol. The molecule has 0 fully saturated rings. The second-order valence-corrected chi connectivity index (χ2v) is 5.90. The van der Waals surface area contributed by atoms with E-state index in [1.165, 1.54) is 4.47 Å². The molecule has 0 aliphatic carbocycles. The monoisotopic (exact) mass is 274 g/mol. The Kier molecular flexibility index (Phi) is 8.89. The van der Waals surface area contributed by atoms with Gasteiger partial charge in [-0.05, 0) is 0 Å². The summed E-state index contributed by atoms with van der Waals surface area (Å²) in [6.45, 7) is 6.70. The molecule has 0 aliphatic heterocycles.